The summed E-state index contributed by atoms with van der Waals surface area (Å²) in [6, 6.07) is 46.8. The molecule has 44 heavy (non-hydrogen) atoms. The predicted octanol–water partition coefficient (Wildman–Crippen LogP) is 9.83. The van der Waals surface area contributed by atoms with Crippen LogP contribution in [0.15, 0.2) is 133 Å². The molecule has 0 aliphatic carbocycles. The molecular weight excluding hydrogens is 538 g/mol. The quantitative estimate of drug-likeness (QED) is 0.158. The highest BCUT2D eigenvalue weighted by molar-refractivity contribution is 6.08. The van der Waals surface area contributed by atoms with Gasteiger partial charge in [-0.3, -0.25) is 4.79 Å². The van der Waals surface area contributed by atoms with E-state index in [0.29, 0.717) is 12.8 Å². The monoisotopic (exact) mass is 573 g/mol. The van der Waals surface area contributed by atoms with Gasteiger partial charge in [0.1, 0.15) is 0 Å². The lowest BCUT2D eigenvalue weighted by Gasteiger charge is -2.20. The van der Waals surface area contributed by atoms with E-state index in [4.69, 9.17) is 0 Å². The number of carbonyl (C=O) groups is 1. The number of fused-ring (bicyclic) bond motifs is 2. The Labute approximate surface area is 257 Å². The van der Waals surface area contributed by atoms with Gasteiger partial charge in [0.05, 0.1) is 0 Å². The van der Waals surface area contributed by atoms with Gasteiger partial charge in [-0.2, -0.15) is 0 Å². The average Bonchev–Trinajstić information content (AvgIpc) is 3.60. The zero-order chi connectivity index (χ0) is 29.9. The third-order valence-corrected chi connectivity index (χ3v) is 8.46. The molecule has 4 nitrogen and oxygen atoms in total. The Kier molecular flexibility index (Phi) is 7.56. The number of aromatic amines is 2. The number of aromatic nitrogens is 2. The summed E-state index contributed by atoms with van der Waals surface area (Å²) < 4.78 is 0. The molecule has 0 unspecified atom stereocenters. The maximum atomic E-state index is 12.6. The number of amides is 1. The molecule has 5 aromatic carbocycles. The summed E-state index contributed by atoms with van der Waals surface area (Å²) >= 11 is 0. The summed E-state index contributed by atoms with van der Waals surface area (Å²) in [6.45, 7) is 2.03. The van der Waals surface area contributed by atoms with Gasteiger partial charge in [-0.15, -0.1) is 0 Å². The predicted molar refractivity (Wildman–Crippen MR) is 182 cm³/mol. The molecule has 0 fully saturated rings. The molecule has 0 bridgehead atoms. The highest BCUT2D eigenvalue weighted by atomic mass is 16.1. The van der Waals surface area contributed by atoms with E-state index < -0.39 is 0 Å². The normalized spacial score (nSPS) is 11.4. The number of carbonyl (C=O) groups excluding carboxylic acids is 1. The molecule has 3 N–H and O–H groups in total. The topological polar surface area (TPSA) is 60.7 Å². The zero-order valence-corrected chi connectivity index (χ0v) is 24.8. The Morgan fingerprint density at radius 3 is 1.84 bits per heavy atom. The number of para-hydroxylation sites is 3. The van der Waals surface area contributed by atoms with Gasteiger partial charge in [0.25, 0.3) is 0 Å². The van der Waals surface area contributed by atoms with Crippen LogP contribution in [0.4, 0.5) is 5.69 Å². The van der Waals surface area contributed by atoms with Crippen LogP contribution in [-0.4, -0.2) is 15.9 Å². The minimum Gasteiger partial charge on any atom is -0.358 e. The molecule has 0 saturated heterocycles. The van der Waals surface area contributed by atoms with E-state index in [0.717, 1.165) is 34.4 Å². The highest BCUT2D eigenvalue weighted by Crippen LogP contribution is 2.45. The molecule has 216 valence electrons. The van der Waals surface area contributed by atoms with Crippen LogP contribution >= 0.6 is 0 Å². The fourth-order valence-electron chi connectivity index (χ4n) is 6.51. The number of H-pyrrole nitrogens is 2. The Morgan fingerprint density at radius 2 is 1.18 bits per heavy atom. The van der Waals surface area contributed by atoms with Crippen molar-refractivity contribution in [2.24, 2.45) is 0 Å². The molecule has 0 aliphatic heterocycles. The van der Waals surface area contributed by atoms with Crippen molar-refractivity contribution in [3.8, 4) is 11.1 Å². The molecule has 7 rings (SSSR count). The van der Waals surface area contributed by atoms with Crippen LogP contribution < -0.4 is 5.32 Å². The molecule has 2 heterocycles. The lowest BCUT2D eigenvalue weighted by atomic mass is 9.84. The first-order valence-electron chi connectivity index (χ1n) is 15.4. The van der Waals surface area contributed by atoms with Gasteiger partial charge in [-0.25, -0.2) is 0 Å². The van der Waals surface area contributed by atoms with Gasteiger partial charge in [-0.1, -0.05) is 122 Å². The van der Waals surface area contributed by atoms with E-state index in [1.807, 2.05) is 25.1 Å². The lowest BCUT2D eigenvalue weighted by Crippen LogP contribution is -2.12. The van der Waals surface area contributed by atoms with Gasteiger partial charge in [-0.05, 0) is 41.3 Å². The second-order valence-corrected chi connectivity index (χ2v) is 11.4. The first-order chi connectivity index (χ1) is 21.7. The summed E-state index contributed by atoms with van der Waals surface area (Å²) in [5.74, 6) is 0.0474. The smallest absolute Gasteiger partial charge is 0.224 e. The molecule has 0 spiro atoms. The van der Waals surface area contributed by atoms with Crippen molar-refractivity contribution in [1.29, 1.82) is 0 Å². The Balaban J connectivity index is 1.47. The molecule has 7 aromatic rings. The molecule has 0 aliphatic rings. The highest BCUT2D eigenvalue weighted by Gasteiger charge is 2.27. The van der Waals surface area contributed by atoms with Gasteiger partial charge in [0, 0.05) is 68.8 Å². The number of hydrogen-bond donors (Lipinski definition) is 3. The standard InChI is InChI=1S/C40H35N3O/c1-2-15-36(44)42-32-23-12-9-20-29(32)26-35-38(30-21-10-13-24-33(30)41-35)39-31-22-11-14-25-34(31)43-40(39)37(27-16-5-3-6-17-27)28-18-7-4-8-19-28/h3-14,16-25,37,41,43H,2,15,26H2,1H3,(H,42,44). The van der Waals surface area contributed by atoms with E-state index in [2.05, 4.69) is 131 Å². The lowest BCUT2D eigenvalue weighted by molar-refractivity contribution is -0.116. The van der Waals surface area contributed by atoms with Crippen LogP contribution in [0.25, 0.3) is 32.9 Å². The van der Waals surface area contributed by atoms with Crippen molar-refractivity contribution in [3.63, 3.8) is 0 Å². The Bertz CT molecular complexity index is 2010. The molecule has 0 saturated carbocycles. The third-order valence-electron chi connectivity index (χ3n) is 8.46. The number of nitrogens with one attached hydrogen (secondary N) is 3. The number of benzene rings is 5. The van der Waals surface area contributed by atoms with E-state index >= 15 is 0 Å². The van der Waals surface area contributed by atoms with Gasteiger partial charge < -0.3 is 15.3 Å². The van der Waals surface area contributed by atoms with E-state index in [1.54, 1.807) is 0 Å². The molecule has 2 aromatic heterocycles. The second-order valence-electron chi connectivity index (χ2n) is 11.4. The summed E-state index contributed by atoms with van der Waals surface area (Å²) in [7, 11) is 0. The molecule has 1 amide bonds. The summed E-state index contributed by atoms with van der Waals surface area (Å²) in [4.78, 5) is 20.3. The van der Waals surface area contributed by atoms with E-state index in [1.165, 1.54) is 38.7 Å². The van der Waals surface area contributed by atoms with Crippen molar-refractivity contribution < 1.29 is 4.79 Å². The second kappa shape index (κ2) is 12.1. The maximum Gasteiger partial charge on any atom is 0.224 e. The van der Waals surface area contributed by atoms with E-state index in [-0.39, 0.29) is 11.8 Å². The van der Waals surface area contributed by atoms with Gasteiger partial charge >= 0.3 is 0 Å². The Morgan fingerprint density at radius 1 is 0.636 bits per heavy atom. The fourth-order valence-corrected chi connectivity index (χ4v) is 6.51. The Hall–Kier alpha value is -5.35. The van der Waals surface area contributed by atoms with E-state index in [9.17, 15) is 4.79 Å². The summed E-state index contributed by atoms with van der Waals surface area (Å²) in [5, 5.41) is 5.53. The molecule has 4 heteroatoms. The first kappa shape index (κ1) is 27.5. The first-order valence-corrected chi connectivity index (χ1v) is 15.4. The third kappa shape index (κ3) is 5.20. The minimum absolute atomic E-state index is 0.00179. The number of rotatable bonds is 9. The fraction of sp³-hybridized carbons (Fsp3) is 0.125. The SMILES string of the molecule is CCCC(=O)Nc1ccccc1Cc1[nH]c2ccccc2c1-c1c(C(c2ccccc2)c2ccccc2)[nH]c2ccccc12. The van der Waals surface area contributed by atoms with Gasteiger partial charge in [0.2, 0.25) is 5.91 Å². The summed E-state index contributed by atoms with van der Waals surface area (Å²) in [6.07, 6.45) is 1.96. The largest absolute Gasteiger partial charge is 0.358 e. The minimum atomic E-state index is 0.00179. The molecular formula is C40H35N3O. The maximum absolute atomic E-state index is 12.6. The molecule has 0 atom stereocenters. The average molecular weight is 574 g/mol. The van der Waals surface area contributed by atoms with Crippen molar-refractivity contribution in [2.45, 2.75) is 32.1 Å². The van der Waals surface area contributed by atoms with Gasteiger partial charge in [0.15, 0.2) is 0 Å². The van der Waals surface area contributed by atoms with Crippen LogP contribution in [0.5, 0.6) is 0 Å². The van der Waals surface area contributed by atoms with Crippen molar-refractivity contribution >= 4 is 33.4 Å². The summed E-state index contributed by atoms with van der Waals surface area (Å²) in [5.41, 5.74) is 11.3. The van der Waals surface area contributed by atoms with Crippen LogP contribution in [0.1, 0.15) is 53.8 Å². The van der Waals surface area contributed by atoms with Crippen LogP contribution in [0, 0.1) is 0 Å². The number of anilines is 1. The van der Waals surface area contributed by atoms with Crippen molar-refractivity contribution in [2.75, 3.05) is 5.32 Å². The zero-order valence-electron chi connectivity index (χ0n) is 24.8. The van der Waals surface area contributed by atoms with Crippen molar-refractivity contribution in [1.82, 2.24) is 9.97 Å². The molecule has 0 radical (unpaired) electrons. The van der Waals surface area contributed by atoms with Crippen LogP contribution in [0.2, 0.25) is 0 Å². The van der Waals surface area contributed by atoms with Crippen LogP contribution in [0.3, 0.4) is 0 Å². The number of hydrogen-bond acceptors (Lipinski definition) is 1. The van der Waals surface area contributed by atoms with Crippen molar-refractivity contribution in [3.05, 3.63) is 162 Å². The van der Waals surface area contributed by atoms with Crippen LogP contribution in [-0.2, 0) is 11.2 Å².